The molecule has 84 valence electrons. The molecular formula is C14H23N. The third-order valence-corrected chi connectivity index (χ3v) is 2.10. The summed E-state index contributed by atoms with van der Waals surface area (Å²) in [5.74, 6) is 0. The molecule has 0 atom stereocenters. The van der Waals surface area contributed by atoms with Gasteiger partial charge in [-0.2, -0.15) is 0 Å². The van der Waals surface area contributed by atoms with Gasteiger partial charge in [-0.15, -0.1) is 0 Å². The molecule has 0 saturated carbocycles. The van der Waals surface area contributed by atoms with E-state index >= 15 is 0 Å². The first-order valence-electron chi connectivity index (χ1n) is 5.42. The van der Waals surface area contributed by atoms with Crippen molar-refractivity contribution < 1.29 is 0 Å². The highest BCUT2D eigenvalue weighted by Crippen LogP contribution is 2.14. The van der Waals surface area contributed by atoms with Crippen molar-refractivity contribution in [2.75, 3.05) is 0 Å². The highest BCUT2D eigenvalue weighted by molar-refractivity contribution is 5.35. The molecular weight excluding hydrogens is 182 g/mol. The van der Waals surface area contributed by atoms with E-state index in [0.717, 1.165) is 12.1 Å². The van der Waals surface area contributed by atoms with E-state index in [2.05, 4.69) is 45.9 Å². The minimum absolute atomic E-state index is 0.840. The summed E-state index contributed by atoms with van der Waals surface area (Å²) in [6, 6.07) is 0. The van der Waals surface area contributed by atoms with Crippen LogP contribution in [0.5, 0.6) is 0 Å². The van der Waals surface area contributed by atoms with Crippen LogP contribution in [0.1, 0.15) is 41.0 Å². The molecule has 1 heteroatoms. The number of hydrogen-bond acceptors (Lipinski definition) is 1. The van der Waals surface area contributed by atoms with Gasteiger partial charge in [0.2, 0.25) is 0 Å². The van der Waals surface area contributed by atoms with Crippen LogP contribution in [0.15, 0.2) is 46.7 Å². The molecule has 15 heavy (non-hydrogen) atoms. The fourth-order valence-corrected chi connectivity index (χ4v) is 1.16. The Morgan fingerprint density at radius 2 is 1.53 bits per heavy atom. The highest BCUT2D eigenvalue weighted by atomic mass is 14.5. The molecule has 0 saturated heterocycles. The van der Waals surface area contributed by atoms with E-state index < -0.39 is 0 Å². The maximum absolute atomic E-state index is 5.59. The van der Waals surface area contributed by atoms with Crippen molar-refractivity contribution in [2.45, 2.75) is 41.0 Å². The Hall–Kier alpha value is -1.24. The molecule has 0 radical (unpaired) electrons. The second-order valence-corrected chi connectivity index (χ2v) is 4.05. The van der Waals surface area contributed by atoms with Crippen LogP contribution in [0.4, 0.5) is 0 Å². The van der Waals surface area contributed by atoms with Crippen molar-refractivity contribution in [1.82, 2.24) is 0 Å². The molecule has 0 aliphatic heterocycles. The molecule has 1 nitrogen and oxygen atoms in total. The van der Waals surface area contributed by atoms with Gasteiger partial charge in [-0.3, -0.25) is 0 Å². The minimum Gasteiger partial charge on any atom is -0.402 e. The first-order chi connectivity index (χ1) is 6.97. The van der Waals surface area contributed by atoms with Gasteiger partial charge in [-0.25, -0.2) is 0 Å². The second-order valence-electron chi connectivity index (χ2n) is 4.05. The van der Waals surface area contributed by atoms with Gasteiger partial charge in [0.1, 0.15) is 0 Å². The average molecular weight is 205 g/mol. The summed E-state index contributed by atoms with van der Waals surface area (Å²) in [6.45, 7) is 10.4. The van der Waals surface area contributed by atoms with Gasteiger partial charge in [0.05, 0.1) is 0 Å². The summed E-state index contributed by atoms with van der Waals surface area (Å²) in [7, 11) is 0. The molecule has 0 aromatic carbocycles. The Morgan fingerprint density at radius 3 is 1.93 bits per heavy atom. The molecule has 0 bridgehead atoms. The lowest BCUT2D eigenvalue weighted by Gasteiger charge is -2.03. The lowest BCUT2D eigenvalue weighted by molar-refractivity contribution is 1.10. The second kappa shape index (κ2) is 7.10. The number of nitrogens with two attached hydrogens (primary N) is 1. The molecule has 0 rings (SSSR count). The molecule has 0 spiro atoms. The number of allylic oxidation sites excluding steroid dienone is 8. The number of hydrogen-bond donors (Lipinski definition) is 1. The number of rotatable bonds is 4. The van der Waals surface area contributed by atoms with E-state index in [4.69, 9.17) is 5.73 Å². The predicted molar refractivity (Wildman–Crippen MR) is 69.5 cm³/mol. The van der Waals surface area contributed by atoms with Crippen molar-refractivity contribution in [3.05, 3.63) is 46.7 Å². The molecule has 0 heterocycles. The maximum Gasteiger partial charge on any atom is 0.00489 e. The SMILES string of the molecule is CCC(=C/C=C(C)C)/C(C)=C/C=C(\C)N. The molecule has 0 fully saturated rings. The maximum atomic E-state index is 5.59. The van der Waals surface area contributed by atoms with Crippen molar-refractivity contribution in [2.24, 2.45) is 5.73 Å². The molecule has 0 aliphatic carbocycles. The van der Waals surface area contributed by atoms with Crippen LogP contribution in [0, 0.1) is 0 Å². The van der Waals surface area contributed by atoms with E-state index in [1.807, 2.05) is 13.0 Å². The summed E-state index contributed by atoms with van der Waals surface area (Å²) in [6.07, 6.45) is 9.39. The van der Waals surface area contributed by atoms with E-state index in [0.29, 0.717) is 0 Å². The average Bonchev–Trinajstić information content (AvgIpc) is 2.15. The van der Waals surface area contributed by atoms with E-state index in [1.165, 1.54) is 16.7 Å². The van der Waals surface area contributed by atoms with Gasteiger partial charge < -0.3 is 5.73 Å². The van der Waals surface area contributed by atoms with E-state index in [-0.39, 0.29) is 0 Å². The topological polar surface area (TPSA) is 26.0 Å². The van der Waals surface area contributed by atoms with Gasteiger partial charge in [-0.1, -0.05) is 30.7 Å². The zero-order valence-electron chi connectivity index (χ0n) is 10.6. The molecule has 2 N–H and O–H groups in total. The molecule has 0 aromatic rings. The van der Waals surface area contributed by atoms with Crippen LogP contribution in [0.2, 0.25) is 0 Å². The summed E-state index contributed by atoms with van der Waals surface area (Å²) in [5, 5.41) is 0. The third-order valence-electron chi connectivity index (χ3n) is 2.10. The molecule has 0 aliphatic rings. The van der Waals surface area contributed by atoms with Crippen LogP contribution in [0.25, 0.3) is 0 Å². The van der Waals surface area contributed by atoms with Gasteiger partial charge in [-0.05, 0) is 51.3 Å². The lowest BCUT2D eigenvalue weighted by Crippen LogP contribution is -1.89. The van der Waals surface area contributed by atoms with Crippen molar-refractivity contribution in [3.8, 4) is 0 Å². The lowest BCUT2D eigenvalue weighted by atomic mass is 10.0. The largest absolute Gasteiger partial charge is 0.402 e. The van der Waals surface area contributed by atoms with Gasteiger partial charge in [0, 0.05) is 5.70 Å². The normalized spacial score (nSPS) is 14.1. The van der Waals surface area contributed by atoms with E-state index in [9.17, 15) is 0 Å². The first kappa shape index (κ1) is 13.8. The van der Waals surface area contributed by atoms with Gasteiger partial charge in [0.25, 0.3) is 0 Å². The van der Waals surface area contributed by atoms with Crippen LogP contribution < -0.4 is 5.73 Å². The van der Waals surface area contributed by atoms with Crippen molar-refractivity contribution in [1.29, 1.82) is 0 Å². The monoisotopic (exact) mass is 205 g/mol. The third kappa shape index (κ3) is 6.78. The van der Waals surface area contributed by atoms with Crippen LogP contribution >= 0.6 is 0 Å². The van der Waals surface area contributed by atoms with E-state index in [1.54, 1.807) is 0 Å². The van der Waals surface area contributed by atoms with Crippen molar-refractivity contribution in [3.63, 3.8) is 0 Å². The standard InChI is InChI=1S/C14H23N/c1-6-14(10-7-11(2)3)12(4)8-9-13(5)15/h7-10H,6,15H2,1-5H3/b12-8+,13-9+,14-10-. The molecule has 0 amide bonds. The minimum atomic E-state index is 0.840. The smallest absolute Gasteiger partial charge is 0.00489 e. The summed E-state index contributed by atoms with van der Waals surface area (Å²) in [4.78, 5) is 0. The quantitative estimate of drug-likeness (QED) is 0.687. The Balaban J connectivity index is 4.83. The predicted octanol–water partition coefficient (Wildman–Crippen LogP) is 4.10. The Morgan fingerprint density at radius 1 is 0.933 bits per heavy atom. The Kier molecular flexibility index (Phi) is 6.52. The van der Waals surface area contributed by atoms with Crippen LogP contribution in [-0.4, -0.2) is 0 Å². The Labute approximate surface area is 94.1 Å². The summed E-state index contributed by atoms with van der Waals surface area (Å²) < 4.78 is 0. The van der Waals surface area contributed by atoms with Gasteiger partial charge in [0.15, 0.2) is 0 Å². The zero-order valence-corrected chi connectivity index (χ0v) is 10.6. The summed E-state index contributed by atoms with van der Waals surface area (Å²) in [5.41, 5.74) is 10.4. The molecule has 0 unspecified atom stereocenters. The molecule has 0 aromatic heterocycles. The summed E-state index contributed by atoms with van der Waals surface area (Å²) >= 11 is 0. The van der Waals surface area contributed by atoms with Crippen LogP contribution in [-0.2, 0) is 0 Å². The zero-order chi connectivity index (χ0) is 11.8. The highest BCUT2D eigenvalue weighted by Gasteiger charge is 1.94. The first-order valence-corrected chi connectivity index (χ1v) is 5.42. The fraction of sp³-hybridized carbons (Fsp3) is 0.429. The van der Waals surface area contributed by atoms with Crippen molar-refractivity contribution >= 4 is 0 Å². The van der Waals surface area contributed by atoms with Gasteiger partial charge >= 0.3 is 0 Å². The van der Waals surface area contributed by atoms with Crippen LogP contribution in [0.3, 0.4) is 0 Å². The Bertz CT molecular complexity index is 306. The fourth-order valence-electron chi connectivity index (χ4n) is 1.16.